The SMILES string of the molecule is O=CCCCCCCCCCCCCCCCCCc1ccc(C(=O)O)c(Cl)c1. The van der Waals surface area contributed by atoms with E-state index >= 15 is 0 Å². The average Bonchev–Trinajstić information content (AvgIpc) is 2.70. The Morgan fingerprint density at radius 1 is 0.759 bits per heavy atom. The molecule has 0 heterocycles. The smallest absolute Gasteiger partial charge is 0.337 e. The number of carbonyl (C=O) groups is 2. The van der Waals surface area contributed by atoms with Crippen LogP contribution < -0.4 is 0 Å². The zero-order valence-electron chi connectivity index (χ0n) is 18.0. The lowest BCUT2D eigenvalue weighted by Crippen LogP contribution is -1.98. The first kappa shape index (κ1) is 25.7. The van der Waals surface area contributed by atoms with E-state index in [1.807, 2.05) is 6.07 Å². The molecule has 0 bridgehead atoms. The van der Waals surface area contributed by atoms with Gasteiger partial charge in [-0.05, 0) is 37.0 Å². The maximum Gasteiger partial charge on any atom is 0.337 e. The van der Waals surface area contributed by atoms with Crippen LogP contribution in [0.2, 0.25) is 5.02 Å². The van der Waals surface area contributed by atoms with Crippen molar-refractivity contribution in [3.05, 3.63) is 34.3 Å². The summed E-state index contributed by atoms with van der Waals surface area (Å²) in [5.41, 5.74) is 1.31. The van der Waals surface area contributed by atoms with Crippen LogP contribution in [-0.2, 0) is 11.2 Å². The second-order valence-electron chi connectivity index (χ2n) is 8.13. The summed E-state index contributed by atoms with van der Waals surface area (Å²) in [5, 5.41) is 9.33. The number of aromatic carboxylic acids is 1. The van der Waals surface area contributed by atoms with E-state index in [0.29, 0.717) is 5.02 Å². The number of carbonyl (C=O) groups excluding carboxylic acids is 1. The minimum absolute atomic E-state index is 0.182. The van der Waals surface area contributed by atoms with Crippen LogP contribution in [0.15, 0.2) is 18.2 Å². The molecule has 0 fully saturated rings. The van der Waals surface area contributed by atoms with Gasteiger partial charge in [0.25, 0.3) is 0 Å². The number of hydrogen-bond acceptors (Lipinski definition) is 2. The van der Waals surface area contributed by atoms with Crippen LogP contribution in [0.4, 0.5) is 0 Å². The highest BCUT2D eigenvalue weighted by Crippen LogP contribution is 2.20. The molecule has 164 valence electrons. The standard InChI is InChI=1S/C25H39ClO3/c26-24-21-22(18-19-23(24)25(28)29)17-15-13-11-9-7-5-3-1-2-4-6-8-10-12-14-16-20-27/h18-21H,1-17H2,(H,28,29). The number of benzene rings is 1. The fraction of sp³-hybridized carbons (Fsp3) is 0.680. The van der Waals surface area contributed by atoms with Gasteiger partial charge in [0.15, 0.2) is 0 Å². The Morgan fingerprint density at radius 2 is 1.21 bits per heavy atom. The fourth-order valence-corrected chi connectivity index (χ4v) is 4.03. The summed E-state index contributed by atoms with van der Waals surface area (Å²) in [6.07, 6.45) is 22.1. The van der Waals surface area contributed by atoms with Crippen molar-refractivity contribution in [1.29, 1.82) is 0 Å². The Bertz CT molecular complexity index is 571. The van der Waals surface area contributed by atoms with Crippen LogP contribution in [0.1, 0.15) is 119 Å². The van der Waals surface area contributed by atoms with E-state index in [4.69, 9.17) is 16.7 Å². The van der Waals surface area contributed by atoms with Crippen LogP contribution in [-0.4, -0.2) is 17.4 Å². The van der Waals surface area contributed by atoms with E-state index in [-0.39, 0.29) is 5.56 Å². The van der Waals surface area contributed by atoms with Gasteiger partial charge in [-0.15, -0.1) is 0 Å². The number of carboxylic acids is 1. The monoisotopic (exact) mass is 422 g/mol. The highest BCUT2D eigenvalue weighted by Gasteiger charge is 2.08. The molecule has 0 aliphatic heterocycles. The van der Waals surface area contributed by atoms with E-state index in [1.54, 1.807) is 12.1 Å². The molecule has 0 atom stereocenters. The second-order valence-corrected chi connectivity index (χ2v) is 8.54. The Morgan fingerprint density at radius 3 is 1.62 bits per heavy atom. The third-order valence-corrected chi connectivity index (χ3v) is 5.86. The molecule has 0 saturated carbocycles. The summed E-state index contributed by atoms with van der Waals surface area (Å²) < 4.78 is 0. The third-order valence-electron chi connectivity index (χ3n) is 5.55. The Labute approximate surface area is 182 Å². The van der Waals surface area contributed by atoms with Crippen molar-refractivity contribution in [3.8, 4) is 0 Å². The van der Waals surface area contributed by atoms with E-state index < -0.39 is 5.97 Å². The summed E-state index contributed by atoms with van der Waals surface area (Å²) in [4.78, 5) is 21.2. The van der Waals surface area contributed by atoms with E-state index in [0.717, 1.165) is 37.5 Å². The average molecular weight is 423 g/mol. The second kappa shape index (κ2) is 17.5. The molecule has 1 N–H and O–H groups in total. The number of hydrogen-bond donors (Lipinski definition) is 1. The van der Waals surface area contributed by atoms with Crippen LogP contribution in [0, 0.1) is 0 Å². The lowest BCUT2D eigenvalue weighted by Gasteiger charge is -2.05. The number of rotatable bonds is 19. The molecular formula is C25H39ClO3. The van der Waals surface area contributed by atoms with Crippen molar-refractivity contribution in [3.63, 3.8) is 0 Å². The third kappa shape index (κ3) is 13.5. The highest BCUT2D eigenvalue weighted by atomic mass is 35.5. The van der Waals surface area contributed by atoms with Gasteiger partial charge in [0, 0.05) is 6.42 Å². The van der Waals surface area contributed by atoms with Gasteiger partial charge in [-0.1, -0.05) is 101 Å². The summed E-state index contributed by atoms with van der Waals surface area (Å²) in [6, 6.07) is 5.28. The summed E-state index contributed by atoms with van der Waals surface area (Å²) in [7, 11) is 0. The molecule has 4 heteroatoms. The minimum Gasteiger partial charge on any atom is -0.478 e. The van der Waals surface area contributed by atoms with E-state index in [9.17, 15) is 9.59 Å². The van der Waals surface area contributed by atoms with Gasteiger partial charge in [0.2, 0.25) is 0 Å². The van der Waals surface area contributed by atoms with Crippen LogP contribution in [0.3, 0.4) is 0 Å². The van der Waals surface area contributed by atoms with Crippen LogP contribution >= 0.6 is 11.6 Å². The molecule has 0 unspecified atom stereocenters. The molecule has 0 aliphatic rings. The Balaban J connectivity index is 1.85. The molecule has 0 radical (unpaired) electrons. The molecule has 0 aromatic heterocycles. The topological polar surface area (TPSA) is 54.4 Å². The number of halogens is 1. The Kier molecular flexibility index (Phi) is 15.5. The molecule has 0 saturated heterocycles. The fourth-order valence-electron chi connectivity index (χ4n) is 3.74. The first-order chi connectivity index (χ1) is 14.1. The maximum absolute atomic E-state index is 11.0. The first-order valence-electron chi connectivity index (χ1n) is 11.6. The van der Waals surface area contributed by atoms with Crippen LogP contribution in [0.5, 0.6) is 0 Å². The van der Waals surface area contributed by atoms with Crippen molar-refractivity contribution >= 4 is 23.9 Å². The van der Waals surface area contributed by atoms with Crippen molar-refractivity contribution in [1.82, 2.24) is 0 Å². The van der Waals surface area contributed by atoms with Crippen LogP contribution in [0.25, 0.3) is 0 Å². The van der Waals surface area contributed by atoms with Crippen molar-refractivity contribution in [2.45, 2.75) is 109 Å². The normalized spacial score (nSPS) is 10.9. The lowest BCUT2D eigenvalue weighted by molar-refractivity contribution is -0.107. The molecule has 1 rings (SSSR count). The highest BCUT2D eigenvalue weighted by molar-refractivity contribution is 6.33. The number of aryl methyl sites for hydroxylation is 1. The maximum atomic E-state index is 11.0. The van der Waals surface area contributed by atoms with E-state index in [1.165, 1.54) is 83.5 Å². The summed E-state index contributed by atoms with van der Waals surface area (Å²) in [6.45, 7) is 0. The summed E-state index contributed by atoms with van der Waals surface area (Å²) in [5.74, 6) is -0.969. The number of unbranched alkanes of at least 4 members (excludes halogenated alkanes) is 15. The van der Waals surface area contributed by atoms with E-state index in [2.05, 4.69) is 0 Å². The number of carboxylic acid groups (broad SMARTS) is 1. The molecule has 1 aromatic rings. The summed E-state index contributed by atoms with van der Waals surface area (Å²) >= 11 is 6.01. The quantitative estimate of drug-likeness (QED) is 0.181. The van der Waals surface area contributed by atoms with Gasteiger partial charge in [0.1, 0.15) is 6.29 Å². The predicted octanol–water partition coefficient (Wildman–Crippen LogP) is 8.02. The van der Waals surface area contributed by atoms with Gasteiger partial charge < -0.3 is 9.90 Å². The molecule has 3 nitrogen and oxygen atoms in total. The van der Waals surface area contributed by atoms with Gasteiger partial charge in [-0.2, -0.15) is 0 Å². The van der Waals surface area contributed by atoms with Gasteiger partial charge in [-0.3, -0.25) is 0 Å². The minimum atomic E-state index is -0.969. The molecular weight excluding hydrogens is 384 g/mol. The van der Waals surface area contributed by atoms with Crippen molar-refractivity contribution in [2.75, 3.05) is 0 Å². The van der Waals surface area contributed by atoms with Crippen molar-refractivity contribution < 1.29 is 14.7 Å². The van der Waals surface area contributed by atoms with Gasteiger partial charge >= 0.3 is 5.97 Å². The lowest BCUT2D eigenvalue weighted by atomic mass is 10.0. The Hall–Kier alpha value is -1.35. The molecule has 0 spiro atoms. The van der Waals surface area contributed by atoms with Gasteiger partial charge in [-0.25, -0.2) is 4.79 Å². The zero-order valence-corrected chi connectivity index (χ0v) is 18.7. The molecule has 0 aliphatic carbocycles. The molecule has 29 heavy (non-hydrogen) atoms. The largest absolute Gasteiger partial charge is 0.478 e. The van der Waals surface area contributed by atoms with Crippen molar-refractivity contribution in [2.24, 2.45) is 0 Å². The van der Waals surface area contributed by atoms with Gasteiger partial charge in [0.05, 0.1) is 10.6 Å². The molecule has 0 amide bonds. The first-order valence-corrected chi connectivity index (χ1v) is 12.0. The predicted molar refractivity (Wildman–Crippen MR) is 122 cm³/mol. The zero-order chi connectivity index (χ0) is 21.2. The molecule has 1 aromatic carbocycles. The number of aldehydes is 1.